The Morgan fingerprint density at radius 3 is 2.43 bits per heavy atom. The van der Waals surface area contributed by atoms with Crippen LogP contribution in [0.2, 0.25) is 0 Å². The number of hydrogen-bond donors (Lipinski definition) is 3. The highest BCUT2D eigenvalue weighted by molar-refractivity contribution is 6.00. The molecule has 0 spiro atoms. The molecule has 0 fully saturated rings. The molecule has 0 unspecified atom stereocenters. The van der Waals surface area contributed by atoms with Crippen LogP contribution in [0, 0.1) is 6.92 Å². The number of carbonyl (C=O) groups excluding carboxylic acids is 2. The van der Waals surface area contributed by atoms with Gasteiger partial charge in [-0.05, 0) is 51.3 Å². The second-order valence-electron chi connectivity index (χ2n) is 6.49. The SMILES string of the molecule is CCCNC(=O)c1cc(CNC(=O)OC(C)(C)C)cc(C)c1N. The van der Waals surface area contributed by atoms with Gasteiger partial charge < -0.3 is 21.1 Å². The first-order valence-electron chi connectivity index (χ1n) is 7.78. The van der Waals surface area contributed by atoms with E-state index in [1.165, 1.54) is 0 Å². The molecule has 23 heavy (non-hydrogen) atoms. The fourth-order valence-corrected chi connectivity index (χ4v) is 1.99. The Hall–Kier alpha value is -2.24. The summed E-state index contributed by atoms with van der Waals surface area (Å²) in [6.45, 7) is 10.1. The molecule has 6 nitrogen and oxygen atoms in total. The van der Waals surface area contributed by atoms with Crippen molar-refractivity contribution in [3.63, 3.8) is 0 Å². The van der Waals surface area contributed by atoms with E-state index in [0.717, 1.165) is 17.5 Å². The van der Waals surface area contributed by atoms with Crippen molar-refractivity contribution >= 4 is 17.7 Å². The van der Waals surface area contributed by atoms with E-state index in [-0.39, 0.29) is 12.5 Å². The van der Waals surface area contributed by atoms with E-state index in [1.807, 2.05) is 19.9 Å². The number of carbonyl (C=O) groups is 2. The fourth-order valence-electron chi connectivity index (χ4n) is 1.99. The maximum atomic E-state index is 12.2. The van der Waals surface area contributed by atoms with Gasteiger partial charge in [0.15, 0.2) is 0 Å². The first-order chi connectivity index (χ1) is 10.6. The Labute approximate surface area is 137 Å². The molecular weight excluding hydrogens is 294 g/mol. The Morgan fingerprint density at radius 2 is 1.87 bits per heavy atom. The van der Waals surface area contributed by atoms with Crippen LogP contribution in [0.5, 0.6) is 0 Å². The molecule has 2 amide bonds. The second kappa shape index (κ2) is 7.85. The van der Waals surface area contributed by atoms with Crippen molar-refractivity contribution in [2.75, 3.05) is 12.3 Å². The molecule has 1 aromatic rings. The van der Waals surface area contributed by atoms with Crippen molar-refractivity contribution in [1.29, 1.82) is 0 Å². The van der Waals surface area contributed by atoms with Crippen LogP contribution in [-0.4, -0.2) is 24.1 Å². The largest absolute Gasteiger partial charge is 0.444 e. The molecule has 1 rings (SSSR count). The van der Waals surface area contributed by atoms with Gasteiger partial charge in [-0.25, -0.2) is 4.79 Å². The monoisotopic (exact) mass is 321 g/mol. The maximum Gasteiger partial charge on any atom is 0.407 e. The highest BCUT2D eigenvalue weighted by atomic mass is 16.6. The summed E-state index contributed by atoms with van der Waals surface area (Å²) in [4.78, 5) is 23.9. The Morgan fingerprint density at radius 1 is 1.22 bits per heavy atom. The Bertz CT molecular complexity index is 577. The summed E-state index contributed by atoms with van der Waals surface area (Å²) in [5.74, 6) is -0.202. The summed E-state index contributed by atoms with van der Waals surface area (Å²) in [5.41, 5.74) is 7.93. The highest BCUT2D eigenvalue weighted by Gasteiger charge is 2.17. The van der Waals surface area contributed by atoms with E-state index in [1.54, 1.807) is 26.8 Å². The summed E-state index contributed by atoms with van der Waals surface area (Å²) in [6.07, 6.45) is 0.355. The van der Waals surface area contributed by atoms with Gasteiger partial charge in [-0.2, -0.15) is 0 Å². The lowest BCUT2D eigenvalue weighted by Crippen LogP contribution is -2.32. The summed E-state index contributed by atoms with van der Waals surface area (Å²) in [5, 5.41) is 5.49. The minimum atomic E-state index is -0.549. The summed E-state index contributed by atoms with van der Waals surface area (Å²) in [6, 6.07) is 3.55. The van der Waals surface area contributed by atoms with Gasteiger partial charge in [0.1, 0.15) is 5.60 Å². The zero-order valence-corrected chi connectivity index (χ0v) is 14.6. The first-order valence-corrected chi connectivity index (χ1v) is 7.78. The molecular formula is C17H27N3O3. The van der Waals surface area contributed by atoms with Crippen molar-refractivity contribution in [1.82, 2.24) is 10.6 Å². The second-order valence-corrected chi connectivity index (χ2v) is 6.49. The quantitative estimate of drug-likeness (QED) is 0.727. The number of anilines is 1. The van der Waals surface area contributed by atoms with Crippen LogP contribution in [0.3, 0.4) is 0 Å². The van der Waals surface area contributed by atoms with E-state index in [4.69, 9.17) is 10.5 Å². The first kappa shape index (κ1) is 18.8. The van der Waals surface area contributed by atoms with Gasteiger partial charge >= 0.3 is 6.09 Å². The third kappa shape index (κ3) is 6.18. The van der Waals surface area contributed by atoms with Crippen molar-refractivity contribution in [2.24, 2.45) is 0 Å². The molecule has 0 aliphatic heterocycles. The van der Waals surface area contributed by atoms with Crippen LogP contribution in [0.1, 0.15) is 55.6 Å². The molecule has 4 N–H and O–H groups in total. The zero-order chi connectivity index (χ0) is 17.6. The number of alkyl carbamates (subject to hydrolysis) is 1. The fraction of sp³-hybridized carbons (Fsp3) is 0.529. The van der Waals surface area contributed by atoms with E-state index >= 15 is 0 Å². The molecule has 128 valence electrons. The van der Waals surface area contributed by atoms with Gasteiger partial charge in [0.05, 0.1) is 5.56 Å². The number of nitrogens with one attached hydrogen (secondary N) is 2. The third-order valence-electron chi connectivity index (χ3n) is 3.06. The molecule has 0 aromatic heterocycles. The molecule has 0 aliphatic carbocycles. The van der Waals surface area contributed by atoms with E-state index in [9.17, 15) is 9.59 Å². The van der Waals surface area contributed by atoms with Crippen molar-refractivity contribution in [2.45, 2.75) is 53.2 Å². The van der Waals surface area contributed by atoms with Gasteiger partial charge in [-0.3, -0.25) is 4.79 Å². The van der Waals surface area contributed by atoms with Crippen molar-refractivity contribution in [3.8, 4) is 0 Å². The standard InChI is InChI=1S/C17H27N3O3/c1-6-7-19-15(21)13-9-12(8-11(2)14(13)18)10-20-16(22)23-17(3,4)5/h8-9H,6-7,10,18H2,1-5H3,(H,19,21)(H,20,22). The number of nitrogens with two attached hydrogens (primary N) is 1. The predicted molar refractivity (Wildman–Crippen MR) is 91.3 cm³/mol. The molecule has 0 bridgehead atoms. The lowest BCUT2D eigenvalue weighted by atomic mass is 10.0. The van der Waals surface area contributed by atoms with E-state index in [2.05, 4.69) is 10.6 Å². The van der Waals surface area contributed by atoms with Crippen LogP contribution in [0.15, 0.2) is 12.1 Å². The average Bonchev–Trinajstić information content (AvgIpc) is 2.44. The number of benzene rings is 1. The molecule has 0 heterocycles. The lowest BCUT2D eigenvalue weighted by molar-refractivity contribution is 0.0523. The van der Waals surface area contributed by atoms with Gasteiger partial charge in [-0.1, -0.05) is 13.0 Å². The third-order valence-corrected chi connectivity index (χ3v) is 3.06. The topological polar surface area (TPSA) is 93.5 Å². The van der Waals surface area contributed by atoms with E-state index in [0.29, 0.717) is 17.8 Å². The van der Waals surface area contributed by atoms with Gasteiger partial charge in [0, 0.05) is 18.8 Å². The Balaban J connectivity index is 2.82. The number of hydrogen-bond acceptors (Lipinski definition) is 4. The van der Waals surface area contributed by atoms with Gasteiger partial charge in [0.2, 0.25) is 0 Å². The smallest absolute Gasteiger partial charge is 0.407 e. The van der Waals surface area contributed by atoms with Crippen LogP contribution in [0.25, 0.3) is 0 Å². The summed E-state index contributed by atoms with van der Waals surface area (Å²) in [7, 11) is 0. The molecule has 0 saturated heterocycles. The normalized spacial score (nSPS) is 11.0. The minimum absolute atomic E-state index is 0.202. The summed E-state index contributed by atoms with van der Waals surface area (Å²) < 4.78 is 5.19. The summed E-state index contributed by atoms with van der Waals surface area (Å²) >= 11 is 0. The molecule has 0 aliphatic rings. The number of nitrogen functional groups attached to an aromatic ring is 1. The van der Waals surface area contributed by atoms with Crippen LogP contribution < -0.4 is 16.4 Å². The number of amides is 2. The molecule has 0 atom stereocenters. The predicted octanol–water partition coefficient (Wildman–Crippen LogP) is 2.74. The van der Waals surface area contributed by atoms with Crippen molar-refractivity contribution in [3.05, 3.63) is 28.8 Å². The molecule has 1 aromatic carbocycles. The van der Waals surface area contributed by atoms with Crippen molar-refractivity contribution < 1.29 is 14.3 Å². The van der Waals surface area contributed by atoms with Gasteiger partial charge in [0.25, 0.3) is 5.91 Å². The molecule has 6 heteroatoms. The highest BCUT2D eigenvalue weighted by Crippen LogP contribution is 2.20. The molecule has 0 radical (unpaired) electrons. The van der Waals surface area contributed by atoms with Gasteiger partial charge in [-0.15, -0.1) is 0 Å². The lowest BCUT2D eigenvalue weighted by Gasteiger charge is -2.20. The number of ether oxygens (including phenoxy) is 1. The number of aryl methyl sites for hydroxylation is 1. The van der Waals surface area contributed by atoms with Crippen LogP contribution >= 0.6 is 0 Å². The Kier molecular flexibility index (Phi) is 6.42. The maximum absolute atomic E-state index is 12.2. The number of rotatable bonds is 5. The van der Waals surface area contributed by atoms with Crippen LogP contribution in [-0.2, 0) is 11.3 Å². The van der Waals surface area contributed by atoms with E-state index < -0.39 is 11.7 Å². The van der Waals surface area contributed by atoms with Crippen LogP contribution in [0.4, 0.5) is 10.5 Å². The minimum Gasteiger partial charge on any atom is -0.444 e. The average molecular weight is 321 g/mol. The molecule has 0 saturated carbocycles. The zero-order valence-electron chi connectivity index (χ0n) is 14.6.